The number of hydrogen-bond donors (Lipinski definition) is 2. The van der Waals surface area contributed by atoms with Gasteiger partial charge in [-0.15, -0.1) is 0 Å². The van der Waals surface area contributed by atoms with Gasteiger partial charge in [-0.05, 0) is 18.6 Å². The van der Waals surface area contributed by atoms with E-state index in [2.05, 4.69) is 48.5 Å². The van der Waals surface area contributed by atoms with Crippen molar-refractivity contribution in [2.45, 2.75) is 32.6 Å². The second kappa shape index (κ2) is 5.57. The van der Waals surface area contributed by atoms with Crippen molar-refractivity contribution in [1.82, 2.24) is 10.3 Å². The van der Waals surface area contributed by atoms with E-state index in [0.717, 1.165) is 13.1 Å². The number of carbonyl (C=O) groups is 1. The van der Waals surface area contributed by atoms with Crippen LogP contribution < -0.4 is 5.32 Å². The van der Waals surface area contributed by atoms with Crippen LogP contribution in [0.2, 0.25) is 0 Å². The number of H-pyrrole nitrogens is 1. The van der Waals surface area contributed by atoms with Crippen LogP contribution in [-0.2, 0) is 10.2 Å². The van der Waals surface area contributed by atoms with Crippen LogP contribution in [0.4, 0.5) is 0 Å². The van der Waals surface area contributed by atoms with Crippen molar-refractivity contribution in [3.63, 3.8) is 0 Å². The Morgan fingerprint density at radius 3 is 2.79 bits per heavy atom. The minimum atomic E-state index is 0.0381. The maximum atomic E-state index is 10.9. The number of rotatable bonds is 6. The lowest BCUT2D eigenvalue weighted by molar-refractivity contribution is -0.116. The molecule has 2 aromatic rings. The number of benzene rings is 1. The van der Waals surface area contributed by atoms with E-state index in [4.69, 9.17) is 0 Å². The molecule has 0 aliphatic heterocycles. The Hall–Kier alpha value is -1.61. The highest BCUT2D eigenvalue weighted by molar-refractivity contribution is 5.84. The number of aromatic amines is 1. The number of hydrogen-bond acceptors (Lipinski definition) is 2. The van der Waals surface area contributed by atoms with Gasteiger partial charge >= 0.3 is 0 Å². The van der Waals surface area contributed by atoms with E-state index in [1.807, 2.05) is 6.07 Å². The van der Waals surface area contributed by atoms with Gasteiger partial charge in [0.1, 0.15) is 5.78 Å². The summed E-state index contributed by atoms with van der Waals surface area (Å²) in [6, 6.07) is 8.36. The first-order chi connectivity index (χ1) is 9.00. The molecule has 3 nitrogen and oxygen atoms in total. The number of ketones is 1. The molecule has 2 rings (SSSR count). The Kier molecular flexibility index (Phi) is 4.05. The summed E-state index contributed by atoms with van der Waals surface area (Å²) < 4.78 is 0. The lowest BCUT2D eigenvalue weighted by Crippen LogP contribution is -2.33. The smallest absolute Gasteiger partial charge is 0.131 e. The van der Waals surface area contributed by atoms with E-state index < -0.39 is 0 Å². The molecule has 1 heterocycles. The Labute approximate surface area is 114 Å². The van der Waals surface area contributed by atoms with Crippen molar-refractivity contribution in [2.75, 3.05) is 13.1 Å². The molecule has 2 N–H and O–H groups in total. The van der Waals surface area contributed by atoms with Gasteiger partial charge in [-0.2, -0.15) is 0 Å². The maximum Gasteiger partial charge on any atom is 0.131 e. The van der Waals surface area contributed by atoms with Gasteiger partial charge < -0.3 is 10.3 Å². The van der Waals surface area contributed by atoms with Gasteiger partial charge in [0.25, 0.3) is 0 Å². The Morgan fingerprint density at radius 1 is 1.32 bits per heavy atom. The molecular formula is C16H22N2O. The van der Waals surface area contributed by atoms with E-state index in [0.29, 0.717) is 6.42 Å². The van der Waals surface area contributed by atoms with Gasteiger partial charge in [-0.1, -0.05) is 32.0 Å². The standard InChI is InChI=1S/C16H22N2O/c1-12(19)8-9-17-11-16(2,3)14-10-18-15-7-5-4-6-13(14)15/h4-7,10,17-18H,8-9,11H2,1-3H3. The van der Waals surface area contributed by atoms with Gasteiger partial charge in [0.05, 0.1) is 0 Å². The van der Waals surface area contributed by atoms with Gasteiger partial charge in [0.2, 0.25) is 0 Å². The van der Waals surface area contributed by atoms with E-state index in [-0.39, 0.29) is 11.2 Å². The number of carbonyl (C=O) groups excluding carboxylic acids is 1. The molecule has 0 bridgehead atoms. The van der Waals surface area contributed by atoms with Crippen LogP contribution in [0.3, 0.4) is 0 Å². The first kappa shape index (κ1) is 13.8. The molecule has 0 radical (unpaired) electrons. The quantitative estimate of drug-likeness (QED) is 0.782. The molecule has 1 aromatic carbocycles. The average molecular weight is 258 g/mol. The van der Waals surface area contributed by atoms with Crippen LogP contribution in [0.15, 0.2) is 30.5 Å². The Balaban J connectivity index is 2.08. The molecule has 0 spiro atoms. The van der Waals surface area contributed by atoms with E-state index in [1.165, 1.54) is 16.5 Å². The topological polar surface area (TPSA) is 44.9 Å². The monoisotopic (exact) mass is 258 g/mol. The molecule has 0 fully saturated rings. The molecule has 102 valence electrons. The van der Waals surface area contributed by atoms with Crippen molar-refractivity contribution < 1.29 is 4.79 Å². The van der Waals surface area contributed by atoms with Crippen LogP contribution in [-0.4, -0.2) is 23.9 Å². The lowest BCUT2D eigenvalue weighted by atomic mass is 9.84. The van der Waals surface area contributed by atoms with Crippen molar-refractivity contribution >= 4 is 16.7 Å². The molecule has 0 saturated carbocycles. The van der Waals surface area contributed by atoms with Gasteiger partial charge in [0.15, 0.2) is 0 Å². The molecule has 0 aliphatic carbocycles. The summed E-state index contributed by atoms with van der Waals surface area (Å²) in [4.78, 5) is 14.2. The third kappa shape index (κ3) is 3.24. The minimum Gasteiger partial charge on any atom is -0.361 e. The summed E-state index contributed by atoms with van der Waals surface area (Å²) >= 11 is 0. The first-order valence-electron chi connectivity index (χ1n) is 6.77. The van der Waals surface area contributed by atoms with E-state index >= 15 is 0 Å². The number of nitrogens with one attached hydrogen (secondary N) is 2. The van der Waals surface area contributed by atoms with Crippen molar-refractivity contribution in [1.29, 1.82) is 0 Å². The summed E-state index contributed by atoms with van der Waals surface area (Å²) in [6.45, 7) is 7.70. The van der Waals surface area contributed by atoms with Crippen LogP contribution in [0.25, 0.3) is 10.9 Å². The maximum absolute atomic E-state index is 10.9. The van der Waals surface area contributed by atoms with Crippen molar-refractivity contribution in [3.05, 3.63) is 36.0 Å². The normalized spacial score (nSPS) is 11.9. The fourth-order valence-electron chi connectivity index (χ4n) is 2.39. The summed E-state index contributed by atoms with van der Waals surface area (Å²) in [5.74, 6) is 0.234. The van der Waals surface area contributed by atoms with Gasteiger partial charge in [-0.3, -0.25) is 4.79 Å². The molecule has 0 aliphatic rings. The highest BCUT2D eigenvalue weighted by Gasteiger charge is 2.23. The fourth-order valence-corrected chi connectivity index (χ4v) is 2.39. The molecule has 1 aromatic heterocycles. The highest BCUT2D eigenvalue weighted by Crippen LogP contribution is 2.29. The lowest BCUT2D eigenvalue weighted by Gasteiger charge is -2.25. The third-order valence-electron chi connectivity index (χ3n) is 3.54. The molecular weight excluding hydrogens is 236 g/mol. The number of aromatic nitrogens is 1. The Bertz CT molecular complexity index is 569. The molecule has 0 amide bonds. The molecule has 3 heteroatoms. The van der Waals surface area contributed by atoms with E-state index in [1.54, 1.807) is 6.92 Å². The summed E-state index contributed by atoms with van der Waals surface area (Å²) in [5, 5.41) is 4.65. The largest absolute Gasteiger partial charge is 0.361 e. The number of para-hydroxylation sites is 1. The first-order valence-corrected chi connectivity index (χ1v) is 6.77. The zero-order valence-electron chi connectivity index (χ0n) is 11.9. The van der Waals surface area contributed by atoms with E-state index in [9.17, 15) is 4.79 Å². The predicted molar refractivity (Wildman–Crippen MR) is 79.5 cm³/mol. The Morgan fingerprint density at radius 2 is 2.05 bits per heavy atom. The zero-order valence-corrected chi connectivity index (χ0v) is 11.9. The summed E-state index contributed by atoms with van der Waals surface area (Å²) in [7, 11) is 0. The van der Waals surface area contributed by atoms with Gasteiger partial charge in [0, 0.05) is 42.0 Å². The van der Waals surface area contributed by atoms with Gasteiger partial charge in [-0.25, -0.2) is 0 Å². The van der Waals surface area contributed by atoms with Crippen molar-refractivity contribution in [2.24, 2.45) is 0 Å². The molecule has 0 atom stereocenters. The molecule has 0 unspecified atom stereocenters. The molecule has 19 heavy (non-hydrogen) atoms. The average Bonchev–Trinajstić information content (AvgIpc) is 2.79. The highest BCUT2D eigenvalue weighted by atomic mass is 16.1. The zero-order chi connectivity index (χ0) is 13.9. The van der Waals surface area contributed by atoms with Crippen LogP contribution in [0.5, 0.6) is 0 Å². The number of Topliss-reactive ketones (excluding diaryl/α,β-unsaturated/α-hetero) is 1. The molecule has 0 saturated heterocycles. The second-order valence-corrected chi connectivity index (χ2v) is 5.76. The minimum absolute atomic E-state index is 0.0381. The van der Waals surface area contributed by atoms with Crippen LogP contribution in [0.1, 0.15) is 32.8 Å². The second-order valence-electron chi connectivity index (χ2n) is 5.76. The van der Waals surface area contributed by atoms with Crippen LogP contribution in [0, 0.1) is 0 Å². The van der Waals surface area contributed by atoms with Crippen LogP contribution >= 0.6 is 0 Å². The fraction of sp³-hybridized carbons (Fsp3) is 0.438. The SMILES string of the molecule is CC(=O)CCNCC(C)(C)c1c[nH]c2ccccc12. The van der Waals surface area contributed by atoms with Crippen molar-refractivity contribution in [3.8, 4) is 0 Å². The number of fused-ring (bicyclic) bond motifs is 1. The summed E-state index contributed by atoms with van der Waals surface area (Å²) in [5.41, 5.74) is 2.53. The summed E-state index contributed by atoms with van der Waals surface area (Å²) in [6.07, 6.45) is 2.70. The third-order valence-corrected chi connectivity index (χ3v) is 3.54. The predicted octanol–water partition coefficient (Wildman–Crippen LogP) is 3.01.